The molecule has 0 spiro atoms. The summed E-state index contributed by atoms with van der Waals surface area (Å²) >= 11 is 0. The number of carbonyl (C=O) groups excluding carboxylic acids is 1. The third-order valence-electron chi connectivity index (χ3n) is 4.95. The maximum absolute atomic E-state index is 12.6. The number of amides is 1. The van der Waals surface area contributed by atoms with Crippen molar-refractivity contribution < 1.29 is 14.7 Å². The number of carbonyl (C=O) groups is 2. The molecule has 0 saturated carbocycles. The average molecular weight is 368 g/mol. The van der Waals surface area contributed by atoms with E-state index < -0.39 is 5.97 Å². The number of aromatic carboxylic acids is 1. The van der Waals surface area contributed by atoms with Crippen LogP contribution in [0.1, 0.15) is 27.3 Å². The number of aryl methyl sites for hydroxylation is 1. The summed E-state index contributed by atoms with van der Waals surface area (Å²) in [7, 11) is 2.08. The quantitative estimate of drug-likeness (QED) is 0.694. The highest BCUT2D eigenvalue weighted by atomic mass is 16.4. The van der Waals surface area contributed by atoms with Gasteiger partial charge >= 0.3 is 5.97 Å². The first-order chi connectivity index (χ1) is 12.9. The van der Waals surface area contributed by atoms with Gasteiger partial charge in [-0.15, -0.1) is 0 Å². The molecule has 1 saturated heterocycles. The predicted molar refractivity (Wildman–Crippen MR) is 101 cm³/mol. The molecule has 1 amide bonds. The Morgan fingerprint density at radius 1 is 1.26 bits per heavy atom. The molecule has 0 bridgehead atoms. The number of piperazine rings is 1. The van der Waals surface area contributed by atoms with Gasteiger partial charge in [-0.1, -0.05) is 0 Å². The summed E-state index contributed by atoms with van der Waals surface area (Å²) in [6.07, 6.45) is 3.13. The van der Waals surface area contributed by atoms with Crippen LogP contribution in [0.3, 0.4) is 0 Å². The van der Waals surface area contributed by atoms with Crippen LogP contribution in [0, 0.1) is 6.92 Å². The van der Waals surface area contributed by atoms with Gasteiger partial charge in [0, 0.05) is 31.9 Å². The van der Waals surface area contributed by atoms with Crippen LogP contribution in [-0.4, -0.2) is 70.1 Å². The first-order valence-electron chi connectivity index (χ1n) is 8.69. The number of nitrogens with one attached hydrogen (secondary N) is 2. The number of hydrogen-bond donors (Lipinski definition) is 3. The molecule has 0 atom stereocenters. The lowest BCUT2D eigenvalue weighted by molar-refractivity contribution is -0.110. The second-order valence-corrected chi connectivity index (χ2v) is 6.81. The Morgan fingerprint density at radius 3 is 2.67 bits per heavy atom. The van der Waals surface area contributed by atoms with Crippen LogP contribution in [0.2, 0.25) is 0 Å². The highest BCUT2D eigenvalue weighted by Gasteiger charge is 2.32. The maximum Gasteiger partial charge on any atom is 0.352 e. The predicted octanol–water partition coefficient (Wildman–Crippen LogP) is 1.06. The second-order valence-electron chi connectivity index (χ2n) is 6.81. The lowest BCUT2D eigenvalue weighted by Gasteiger charge is -2.33. The molecule has 9 heteroatoms. The summed E-state index contributed by atoms with van der Waals surface area (Å²) in [6, 6.07) is 1.55. The molecule has 0 radical (unpaired) electrons. The summed E-state index contributed by atoms with van der Waals surface area (Å²) in [5.41, 5.74) is 2.51. The third-order valence-corrected chi connectivity index (χ3v) is 4.95. The van der Waals surface area contributed by atoms with Crippen molar-refractivity contribution in [1.82, 2.24) is 19.9 Å². The molecule has 3 N–H and O–H groups in total. The molecule has 140 valence electrons. The van der Waals surface area contributed by atoms with E-state index in [1.165, 1.54) is 6.33 Å². The van der Waals surface area contributed by atoms with E-state index in [9.17, 15) is 9.59 Å². The summed E-state index contributed by atoms with van der Waals surface area (Å²) in [6.45, 7) is 5.25. The summed E-state index contributed by atoms with van der Waals surface area (Å²) < 4.78 is 0. The SMILES string of the molecule is Cc1cc(C(=O)O)[nH]c1C=C1C(=O)Nc2ncnc(N3CCN(C)CC3)c21. The van der Waals surface area contributed by atoms with Gasteiger partial charge in [-0.05, 0) is 31.7 Å². The van der Waals surface area contributed by atoms with Gasteiger partial charge in [0.25, 0.3) is 5.91 Å². The largest absolute Gasteiger partial charge is 0.477 e. The number of likely N-dealkylation sites (N-methyl/N-ethyl adjacent to an activating group) is 1. The minimum absolute atomic E-state index is 0.0848. The number of H-pyrrole nitrogens is 1. The molecular formula is C18H20N6O3. The zero-order valence-electron chi connectivity index (χ0n) is 15.1. The highest BCUT2D eigenvalue weighted by molar-refractivity contribution is 6.35. The second kappa shape index (κ2) is 6.51. The molecule has 9 nitrogen and oxygen atoms in total. The number of aromatic amines is 1. The average Bonchev–Trinajstić information content (AvgIpc) is 3.16. The molecular weight excluding hydrogens is 348 g/mol. The van der Waals surface area contributed by atoms with Gasteiger partial charge in [-0.3, -0.25) is 4.79 Å². The van der Waals surface area contributed by atoms with E-state index in [0.29, 0.717) is 22.6 Å². The normalized spacial score (nSPS) is 18.7. The third kappa shape index (κ3) is 3.06. The molecule has 4 rings (SSSR count). The van der Waals surface area contributed by atoms with Crippen LogP contribution in [0.4, 0.5) is 11.6 Å². The van der Waals surface area contributed by atoms with E-state index in [1.54, 1.807) is 19.1 Å². The Bertz CT molecular complexity index is 956. The molecule has 0 unspecified atom stereocenters. The number of hydrogen-bond acceptors (Lipinski definition) is 6. The minimum Gasteiger partial charge on any atom is -0.477 e. The van der Waals surface area contributed by atoms with Crippen LogP contribution < -0.4 is 10.2 Å². The number of fused-ring (bicyclic) bond motifs is 1. The fourth-order valence-corrected chi connectivity index (χ4v) is 3.39. The number of aromatic nitrogens is 3. The van der Waals surface area contributed by atoms with Crippen molar-refractivity contribution in [3.05, 3.63) is 34.9 Å². The first-order valence-corrected chi connectivity index (χ1v) is 8.69. The van der Waals surface area contributed by atoms with Crippen LogP contribution >= 0.6 is 0 Å². The van der Waals surface area contributed by atoms with Crippen LogP contribution in [-0.2, 0) is 4.79 Å². The minimum atomic E-state index is -1.04. The van der Waals surface area contributed by atoms with Gasteiger partial charge in [0.2, 0.25) is 0 Å². The van der Waals surface area contributed by atoms with Gasteiger partial charge in [0.05, 0.1) is 11.1 Å². The Kier molecular flexibility index (Phi) is 4.15. The molecule has 2 aromatic rings. The van der Waals surface area contributed by atoms with Gasteiger partial charge in [0.1, 0.15) is 23.7 Å². The Morgan fingerprint density at radius 2 is 2.00 bits per heavy atom. The fourth-order valence-electron chi connectivity index (χ4n) is 3.39. The molecule has 0 aromatic carbocycles. The van der Waals surface area contributed by atoms with Gasteiger partial charge in [-0.2, -0.15) is 0 Å². The zero-order chi connectivity index (χ0) is 19.1. The van der Waals surface area contributed by atoms with Crippen molar-refractivity contribution in [3.8, 4) is 0 Å². The van der Waals surface area contributed by atoms with E-state index in [1.807, 2.05) is 0 Å². The van der Waals surface area contributed by atoms with E-state index in [0.717, 1.165) is 37.6 Å². The Hall–Kier alpha value is -3.20. The Balaban J connectivity index is 1.77. The van der Waals surface area contributed by atoms with Crippen molar-refractivity contribution in [1.29, 1.82) is 0 Å². The fraction of sp³-hybridized carbons (Fsp3) is 0.333. The lowest BCUT2D eigenvalue weighted by Crippen LogP contribution is -2.45. The summed E-state index contributed by atoms with van der Waals surface area (Å²) in [5.74, 6) is -0.106. The van der Waals surface area contributed by atoms with Crippen LogP contribution in [0.5, 0.6) is 0 Å². The smallest absolute Gasteiger partial charge is 0.352 e. The monoisotopic (exact) mass is 368 g/mol. The summed E-state index contributed by atoms with van der Waals surface area (Å²) in [4.78, 5) is 39.6. The molecule has 2 aliphatic heterocycles. The lowest BCUT2D eigenvalue weighted by atomic mass is 10.1. The first kappa shape index (κ1) is 17.2. The molecule has 27 heavy (non-hydrogen) atoms. The zero-order valence-corrected chi connectivity index (χ0v) is 15.1. The molecule has 4 heterocycles. The summed E-state index contributed by atoms with van der Waals surface area (Å²) in [5, 5.41) is 11.9. The van der Waals surface area contributed by atoms with Crippen LogP contribution in [0.25, 0.3) is 11.6 Å². The number of rotatable bonds is 3. The van der Waals surface area contributed by atoms with Gasteiger partial charge in [0.15, 0.2) is 0 Å². The van der Waals surface area contributed by atoms with Crippen molar-refractivity contribution in [3.63, 3.8) is 0 Å². The molecule has 2 aromatic heterocycles. The standard InChI is InChI=1S/C18H20N6O3/c1-10-7-13(18(26)27)21-12(10)8-11-14-15(22-17(11)25)19-9-20-16(14)24-5-3-23(2)4-6-24/h7-9,21H,3-6H2,1-2H3,(H,26,27)(H,19,20,22,25). The number of carboxylic acid groups (broad SMARTS) is 1. The van der Waals surface area contributed by atoms with Crippen molar-refractivity contribution in [2.75, 3.05) is 43.4 Å². The van der Waals surface area contributed by atoms with Crippen molar-refractivity contribution in [2.24, 2.45) is 0 Å². The number of anilines is 2. The van der Waals surface area contributed by atoms with E-state index in [-0.39, 0.29) is 11.6 Å². The van der Waals surface area contributed by atoms with Gasteiger partial charge < -0.3 is 25.2 Å². The van der Waals surface area contributed by atoms with Crippen molar-refractivity contribution in [2.45, 2.75) is 6.92 Å². The van der Waals surface area contributed by atoms with Crippen molar-refractivity contribution >= 4 is 35.2 Å². The molecule has 1 fully saturated rings. The topological polar surface area (TPSA) is 114 Å². The number of carboxylic acids is 1. The van der Waals surface area contributed by atoms with E-state index >= 15 is 0 Å². The maximum atomic E-state index is 12.6. The van der Waals surface area contributed by atoms with E-state index in [2.05, 4.69) is 37.1 Å². The Labute approximate surface area is 155 Å². The van der Waals surface area contributed by atoms with Crippen LogP contribution in [0.15, 0.2) is 12.4 Å². The molecule has 2 aliphatic rings. The van der Waals surface area contributed by atoms with E-state index in [4.69, 9.17) is 5.11 Å². The highest BCUT2D eigenvalue weighted by Crippen LogP contribution is 2.37. The van der Waals surface area contributed by atoms with Gasteiger partial charge in [-0.25, -0.2) is 14.8 Å². The molecule has 0 aliphatic carbocycles. The number of nitrogens with zero attached hydrogens (tertiary/aromatic N) is 4.